The molecule has 1 N–H and O–H groups in total. The number of aromatic nitrogens is 4. The molecule has 1 amide bonds. The fourth-order valence-corrected chi connectivity index (χ4v) is 5.24. The molecule has 3 aromatic heterocycles. The number of piperidine rings is 1. The van der Waals surface area contributed by atoms with Crippen molar-refractivity contribution in [2.45, 2.75) is 52.0 Å². The molecule has 1 aliphatic rings. The lowest BCUT2D eigenvalue weighted by molar-refractivity contribution is -0.133. The van der Waals surface area contributed by atoms with Gasteiger partial charge < -0.3 is 14.5 Å². The molecule has 4 heterocycles. The van der Waals surface area contributed by atoms with Crippen molar-refractivity contribution in [3.63, 3.8) is 0 Å². The Balaban J connectivity index is 1.43. The highest BCUT2D eigenvalue weighted by Gasteiger charge is 2.29. The van der Waals surface area contributed by atoms with Crippen LogP contribution < -0.4 is 0 Å². The van der Waals surface area contributed by atoms with E-state index < -0.39 is 0 Å². The van der Waals surface area contributed by atoms with Gasteiger partial charge in [0.25, 0.3) is 0 Å². The standard InChI is InChI=1S/C27H31N5O/c1-18-6-7-24-23(15-18)26(21-8-10-28-11-9-21)27(30-24)22-5-4-13-31(17-22)25(33)16-19(2)32-14-12-29-20(32)3/h6-12,14-15,19,22,30H,4-5,13,16-17H2,1-3H3. The number of hydrogen-bond acceptors (Lipinski definition) is 3. The average Bonchev–Trinajstić information content (AvgIpc) is 3.43. The molecule has 2 unspecified atom stereocenters. The zero-order chi connectivity index (χ0) is 22.9. The fraction of sp³-hybridized carbons (Fsp3) is 0.370. The zero-order valence-corrected chi connectivity index (χ0v) is 19.6. The van der Waals surface area contributed by atoms with Crippen LogP contribution in [0.5, 0.6) is 0 Å². The number of H-pyrrole nitrogens is 1. The topological polar surface area (TPSA) is 66.8 Å². The number of rotatable bonds is 5. The van der Waals surface area contributed by atoms with Crippen molar-refractivity contribution in [2.24, 2.45) is 0 Å². The van der Waals surface area contributed by atoms with Crippen LogP contribution in [0.1, 0.15) is 55.2 Å². The molecule has 1 aliphatic heterocycles. The minimum absolute atomic E-state index is 0.101. The summed E-state index contributed by atoms with van der Waals surface area (Å²) in [5, 5.41) is 1.24. The van der Waals surface area contributed by atoms with Gasteiger partial charge in [-0.25, -0.2) is 4.98 Å². The van der Waals surface area contributed by atoms with Crippen LogP contribution in [0, 0.1) is 13.8 Å². The molecular weight excluding hydrogens is 410 g/mol. The number of amides is 1. The molecule has 1 aromatic carbocycles. The number of fused-ring (bicyclic) bond motifs is 1. The molecule has 1 saturated heterocycles. The second-order valence-electron chi connectivity index (χ2n) is 9.31. The number of nitrogens with one attached hydrogen (secondary N) is 1. The van der Waals surface area contributed by atoms with E-state index in [1.54, 1.807) is 6.20 Å². The van der Waals surface area contributed by atoms with Gasteiger partial charge in [-0.15, -0.1) is 0 Å². The van der Waals surface area contributed by atoms with E-state index in [9.17, 15) is 4.79 Å². The summed E-state index contributed by atoms with van der Waals surface area (Å²) in [5.74, 6) is 1.45. The highest BCUT2D eigenvalue weighted by atomic mass is 16.2. The van der Waals surface area contributed by atoms with Crippen molar-refractivity contribution in [1.82, 2.24) is 24.4 Å². The number of pyridine rings is 1. The molecule has 33 heavy (non-hydrogen) atoms. The smallest absolute Gasteiger partial charge is 0.224 e. The van der Waals surface area contributed by atoms with Crippen LogP contribution in [0.3, 0.4) is 0 Å². The number of carbonyl (C=O) groups is 1. The summed E-state index contributed by atoms with van der Waals surface area (Å²) in [6, 6.07) is 10.8. The van der Waals surface area contributed by atoms with Crippen molar-refractivity contribution < 1.29 is 4.79 Å². The molecule has 2 atom stereocenters. The van der Waals surface area contributed by atoms with E-state index in [-0.39, 0.29) is 17.9 Å². The van der Waals surface area contributed by atoms with Gasteiger partial charge in [0.2, 0.25) is 5.91 Å². The maximum Gasteiger partial charge on any atom is 0.224 e. The normalized spacial score (nSPS) is 17.4. The van der Waals surface area contributed by atoms with E-state index in [2.05, 4.69) is 68.6 Å². The number of nitrogens with zero attached hydrogens (tertiary/aromatic N) is 4. The minimum atomic E-state index is 0.101. The Morgan fingerprint density at radius 3 is 2.76 bits per heavy atom. The van der Waals surface area contributed by atoms with Crippen molar-refractivity contribution in [3.05, 3.63) is 72.2 Å². The summed E-state index contributed by atoms with van der Waals surface area (Å²) in [7, 11) is 0. The maximum atomic E-state index is 13.2. The quantitative estimate of drug-likeness (QED) is 0.451. The number of hydrogen-bond donors (Lipinski definition) is 1. The monoisotopic (exact) mass is 441 g/mol. The third kappa shape index (κ3) is 4.17. The van der Waals surface area contributed by atoms with Crippen LogP contribution in [-0.4, -0.2) is 43.4 Å². The van der Waals surface area contributed by atoms with Gasteiger partial charge in [0.05, 0.1) is 0 Å². The lowest BCUT2D eigenvalue weighted by Gasteiger charge is -2.34. The summed E-state index contributed by atoms with van der Waals surface area (Å²) in [4.78, 5) is 27.5. The van der Waals surface area contributed by atoms with E-state index in [1.165, 1.54) is 27.8 Å². The summed E-state index contributed by atoms with van der Waals surface area (Å²) in [6.07, 6.45) is 10.0. The third-order valence-electron chi connectivity index (χ3n) is 6.94. The molecule has 5 rings (SSSR count). The predicted molar refractivity (Wildman–Crippen MR) is 131 cm³/mol. The van der Waals surface area contributed by atoms with Gasteiger partial charge in [-0.2, -0.15) is 0 Å². The number of imidazole rings is 1. The zero-order valence-electron chi connectivity index (χ0n) is 19.6. The Morgan fingerprint density at radius 2 is 2.00 bits per heavy atom. The number of likely N-dealkylation sites (tertiary alicyclic amines) is 1. The van der Waals surface area contributed by atoms with E-state index in [0.717, 1.165) is 37.3 Å². The third-order valence-corrected chi connectivity index (χ3v) is 6.94. The van der Waals surface area contributed by atoms with Crippen molar-refractivity contribution in [3.8, 4) is 11.1 Å². The van der Waals surface area contributed by atoms with Crippen LogP contribution in [0.4, 0.5) is 0 Å². The minimum Gasteiger partial charge on any atom is -0.358 e. The SMILES string of the molecule is Cc1ccc2[nH]c(C3CCCN(C(=O)CC(C)n4ccnc4C)C3)c(-c3ccncc3)c2c1. The molecule has 0 saturated carbocycles. The summed E-state index contributed by atoms with van der Waals surface area (Å²) in [6.45, 7) is 7.78. The van der Waals surface area contributed by atoms with Crippen molar-refractivity contribution in [1.29, 1.82) is 0 Å². The Labute approximate surface area is 194 Å². The Bertz CT molecular complexity index is 1270. The highest BCUT2D eigenvalue weighted by molar-refractivity contribution is 5.98. The van der Waals surface area contributed by atoms with E-state index >= 15 is 0 Å². The molecule has 0 bridgehead atoms. The lowest BCUT2D eigenvalue weighted by atomic mass is 9.89. The van der Waals surface area contributed by atoms with Crippen LogP contribution in [0.15, 0.2) is 55.1 Å². The Morgan fingerprint density at radius 1 is 1.18 bits per heavy atom. The van der Waals surface area contributed by atoms with E-state index in [0.29, 0.717) is 6.42 Å². The maximum absolute atomic E-state index is 13.2. The molecule has 6 nitrogen and oxygen atoms in total. The molecule has 1 fully saturated rings. The second-order valence-corrected chi connectivity index (χ2v) is 9.31. The average molecular weight is 442 g/mol. The molecule has 170 valence electrons. The fourth-order valence-electron chi connectivity index (χ4n) is 5.24. The lowest BCUT2D eigenvalue weighted by Crippen LogP contribution is -2.40. The number of carbonyl (C=O) groups excluding carboxylic acids is 1. The summed E-state index contributed by atoms with van der Waals surface area (Å²) in [5.41, 5.74) is 6.04. The second kappa shape index (κ2) is 8.85. The van der Waals surface area contributed by atoms with Crippen LogP contribution >= 0.6 is 0 Å². The van der Waals surface area contributed by atoms with E-state index in [1.807, 2.05) is 25.5 Å². The Hall–Kier alpha value is -3.41. The van der Waals surface area contributed by atoms with Gasteiger partial charge in [0, 0.05) is 78.4 Å². The molecular formula is C27H31N5O. The first-order valence-electron chi connectivity index (χ1n) is 11.8. The van der Waals surface area contributed by atoms with Crippen molar-refractivity contribution >= 4 is 16.8 Å². The van der Waals surface area contributed by atoms with Crippen LogP contribution in [-0.2, 0) is 4.79 Å². The van der Waals surface area contributed by atoms with Gasteiger partial charge in [0.15, 0.2) is 0 Å². The van der Waals surface area contributed by atoms with E-state index in [4.69, 9.17) is 0 Å². The largest absolute Gasteiger partial charge is 0.358 e. The number of aromatic amines is 1. The number of benzene rings is 1. The first-order chi connectivity index (χ1) is 16.0. The predicted octanol–water partition coefficient (Wildman–Crippen LogP) is 5.40. The van der Waals surface area contributed by atoms with Gasteiger partial charge in [0.1, 0.15) is 5.82 Å². The Kier molecular flexibility index (Phi) is 5.75. The molecule has 6 heteroatoms. The summed E-state index contributed by atoms with van der Waals surface area (Å²) < 4.78 is 2.08. The van der Waals surface area contributed by atoms with Gasteiger partial charge in [-0.3, -0.25) is 9.78 Å². The van der Waals surface area contributed by atoms with Crippen LogP contribution in [0.25, 0.3) is 22.0 Å². The molecule has 0 aliphatic carbocycles. The number of aryl methyl sites for hydroxylation is 2. The molecule has 0 radical (unpaired) electrons. The first kappa shape index (κ1) is 21.4. The molecule has 0 spiro atoms. The van der Waals surface area contributed by atoms with Gasteiger partial charge >= 0.3 is 0 Å². The highest BCUT2D eigenvalue weighted by Crippen LogP contribution is 2.39. The van der Waals surface area contributed by atoms with Crippen molar-refractivity contribution in [2.75, 3.05) is 13.1 Å². The van der Waals surface area contributed by atoms with Crippen LogP contribution in [0.2, 0.25) is 0 Å². The first-order valence-corrected chi connectivity index (χ1v) is 11.8. The van der Waals surface area contributed by atoms with Gasteiger partial charge in [-0.1, -0.05) is 11.6 Å². The summed E-state index contributed by atoms with van der Waals surface area (Å²) >= 11 is 0. The molecule has 4 aromatic rings. The van der Waals surface area contributed by atoms with Gasteiger partial charge in [-0.05, 0) is 63.4 Å².